The van der Waals surface area contributed by atoms with Crippen LogP contribution in [0.3, 0.4) is 0 Å². The number of carboxylic acids is 1. The summed E-state index contributed by atoms with van der Waals surface area (Å²) in [4.78, 5) is 22.5. The molecule has 0 aliphatic heterocycles. The lowest BCUT2D eigenvalue weighted by Crippen LogP contribution is -2.24. The van der Waals surface area contributed by atoms with Crippen LogP contribution in [-0.4, -0.2) is 20.7 Å². The summed E-state index contributed by atoms with van der Waals surface area (Å²) in [5.41, 5.74) is 1.27. The van der Waals surface area contributed by atoms with Gasteiger partial charge >= 0.3 is 11.7 Å². The Balaban J connectivity index is 2.72. The number of carbonyl (C=O) groups is 1. The predicted octanol–water partition coefficient (Wildman–Crippen LogP) is 0.732. The van der Waals surface area contributed by atoms with Gasteiger partial charge in [0.25, 0.3) is 0 Å². The van der Waals surface area contributed by atoms with Crippen LogP contribution in [0.25, 0.3) is 11.1 Å². The van der Waals surface area contributed by atoms with E-state index >= 15 is 0 Å². The molecule has 90 valence electrons. The Bertz CT molecular complexity index is 624. The largest absolute Gasteiger partial charge is 0.480 e. The van der Waals surface area contributed by atoms with E-state index in [1.54, 1.807) is 12.1 Å². The Labute approximate surface area is 95.7 Å². The number of aliphatic carboxylic acids is 1. The van der Waals surface area contributed by atoms with Gasteiger partial charge in [-0.25, -0.2) is 9.59 Å². The third-order valence-corrected chi connectivity index (χ3v) is 2.60. The molecule has 0 amide bonds. The van der Waals surface area contributed by atoms with Crippen molar-refractivity contribution >= 4 is 17.1 Å². The molecular weight excluding hydrogens is 226 g/mol. The van der Waals surface area contributed by atoms with E-state index in [1.807, 2.05) is 0 Å². The van der Waals surface area contributed by atoms with Crippen molar-refractivity contribution in [3.63, 3.8) is 0 Å². The Morgan fingerprint density at radius 1 is 1.53 bits per heavy atom. The minimum Gasteiger partial charge on any atom is -0.480 e. The normalized spacial score (nSPS) is 12.8. The highest BCUT2D eigenvalue weighted by Crippen LogP contribution is 2.18. The topological polar surface area (TPSA) is 92.7 Å². The first-order chi connectivity index (χ1) is 8.04. The molecule has 1 atom stereocenters. The van der Waals surface area contributed by atoms with Gasteiger partial charge in [0.1, 0.15) is 6.04 Å². The van der Waals surface area contributed by atoms with Crippen molar-refractivity contribution in [1.82, 2.24) is 4.57 Å². The van der Waals surface area contributed by atoms with Crippen LogP contribution >= 0.6 is 0 Å². The molecular formula is C11H11NO5. The molecule has 1 aromatic heterocycles. The Morgan fingerprint density at radius 2 is 2.24 bits per heavy atom. The van der Waals surface area contributed by atoms with Gasteiger partial charge in [0, 0.05) is 0 Å². The first-order valence-electron chi connectivity index (χ1n) is 5.02. The second-order valence-electron chi connectivity index (χ2n) is 3.71. The van der Waals surface area contributed by atoms with Gasteiger partial charge < -0.3 is 14.6 Å². The number of carboxylic acid groups (broad SMARTS) is 1. The van der Waals surface area contributed by atoms with E-state index in [2.05, 4.69) is 0 Å². The summed E-state index contributed by atoms with van der Waals surface area (Å²) in [6.45, 7) is 1.21. The quantitative estimate of drug-likeness (QED) is 0.821. The summed E-state index contributed by atoms with van der Waals surface area (Å²) in [5, 5.41) is 17.9. The van der Waals surface area contributed by atoms with E-state index in [1.165, 1.54) is 13.0 Å². The van der Waals surface area contributed by atoms with Gasteiger partial charge in [0.15, 0.2) is 5.58 Å². The lowest BCUT2D eigenvalue weighted by Gasteiger charge is -2.07. The van der Waals surface area contributed by atoms with Crippen molar-refractivity contribution in [2.75, 3.05) is 0 Å². The number of fused-ring (bicyclic) bond motifs is 1. The number of aliphatic hydroxyl groups is 1. The van der Waals surface area contributed by atoms with Crippen LogP contribution < -0.4 is 5.76 Å². The van der Waals surface area contributed by atoms with Crippen LogP contribution in [0.15, 0.2) is 27.4 Å². The second-order valence-corrected chi connectivity index (χ2v) is 3.71. The number of hydrogen-bond acceptors (Lipinski definition) is 4. The van der Waals surface area contributed by atoms with Gasteiger partial charge in [-0.05, 0) is 24.6 Å². The molecule has 1 unspecified atom stereocenters. The van der Waals surface area contributed by atoms with Gasteiger partial charge in [-0.1, -0.05) is 6.07 Å². The molecule has 6 nitrogen and oxygen atoms in total. The summed E-state index contributed by atoms with van der Waals surface area (Å²) >= 11 is 0. The summed E-state index contributed by atoms with van der Waals surface area (Å²) in [5.74, 6) is -1.84. The third-order valence-electron chi connectivity index (χ3n) is 2.60. The lowest BCUT2D eigenvalue weighted by atomic mass is 10.2. The predicted molar refractivity (Wildman–Crippen MR) is 58.7 cm³/mol. The van der Waals surface area contributed by atoms with Crippen LogP contribution in [0.4, 0.5) is 0 Å². The molecule has 0 radical (unpaired) electrons. The van der Waals surface area contributed by atoms with Crippen LogP contribution in [0.1, 0.15) is 18.5 Å². The van der Waals surface area contributed by atoms with Crippen molar-refractivity contribution in [3.8, 4) is 0 Å². The molecule has 0 aliphatic carbocycles. The van der Waals surface area contributed by atoms with Gasteiger partial charge in [-0.2, -0.15) is 0 Å². The highest BCUT2D eigenvalue weighted by Gasteiger charge is 2.20. The van der Waals surface area contributed by atoms with Crippen molar-refractivity contribution in [2.24, 2.45) is 0 Å². The smallest absolute Gasteiger partial charge is 0.420 e. The fourth-order valence-corrected chi connectivity index (χ4v) is 1.65. The highest BCUT2D eigenvalue weighted by molar-refractivity contribution is 5.78. The number of hydrogen-bond donors (Lipinski definition) is 2. The van der Waals surface area contributed by atoms with Crippen molar-refractivity contribution in [1.29, 1.82) is 0 Å². The fraction of sp³-hybridized carbons (Fsp3) is 0.273. The van der Waals surface area contributed by atoms with Crippen LogP contribution in [0, 0.1) is 0 Å². The summed E-state index contributed by atoms with van der Waals surface area (Å²) < 4.78 is 5.98. The van der Waals surface area contributed by atoms with Crippen molar-refractivity contribution in [3.05, 3.63) is 34.3 Å². The average molecular weight is 237 g/mol. The molecule has 2 rings (SSSR count). The number of oxazole rings is 1. The zero-order valence-electron chi connectivity index (χ0n) is 9.08. The molecule has 2 N–H and O–H groups in total. The summed E-state index contributed by atoms with van der Waals surface area (Å²) in [6, 6.07) is 3.67. The molecule has 0 aliphatic rings. The Hall–Kier alpha value is -2.08. The summed E-state index contributed by atoms with van der Waals surface area (Å²) in [6.07, 6.45) is 0. The average Bonchev–Trinajstić information content (AvgIpc) is 2.62. The van der Waals surface area contributed by atoms with Gasteiger partial charge in [0.2, 0.25) is 0 Å². The van der Waals surface area contributed by atoms with Crippen molar-refractivity contribution in [2.45, 2.75) is 19.6 Å². The maximum absolute atomic E-state index is 11.6. The highest BCUT2D eigenvalue weighted by atomic mass is 16.4. The first-order valence-corrected chi connectivity index (χ1v) is 5.02. The maximum Gasteiger partial charge on any atom is 0.420 e. The zero-order valence-corrected chi connectivity index (χ0v) is 9.08. The number of rotatable bonds is 3. The zero-order chi connectivity index (χ0) is 12.6. The van der Waals surface area contributed by atoms with E-state index in [4.69, 9.17) is 14.6 Å². The fourth-order valence-electron chi connectivity index (χ4n) is 1.65. The van der Waals surface area contributed by atoms with E-state index in [9.17, 15) is 9.59 Å². The van der Waals surface area contributed by atoms with Gasteiger partial charge in [-0.15, -0.1) is 0 Å². The number of aromatic nitrogens is 1. The van der Waals surface area contributed by atoms with Crippen LogP contribution in [0.5, 0.6) is 0 Å². The first kappa shape index (κ1) is 11.4. The van der Waals surface area contributed by atoms with E-state index in [0.717, 1.165) is 4.57 Å². The molecule has 0 saturated carbocycles. The SMILES string of the molecule is CC(C(=O)O)n1c(=O)oc2ccc(CO)cc21. The summed E-state index contributed by atoms with van der Waals surface area (Å²) in [7, 11) is 0. The maximum atomic E-state index is 11.6. The molecule has 0 bridgehead atoms. The van der Waals surface area contributed by atoms with E-state index < -0.39 is 17.8 Å². The Morgan fingerprint density at radius 3 is 2.82 bits per heavy atom. The standard InChI is InChI=1S/C11H11NO5/c1-6(10(14)15)12-8-4-7(5-13)2-3-9(8)17-11(12)16/h2-4,6,13H,5H2,1H3,(H,14,15). The minimum atomic E-state index is -1.12. The molecule has 0 saturated heterocycles. The van der Waals surface area contributed by atoms with Crippen LogP contribution in [-0.2, 0) is 11.4 Å². The van der Waals surface area contributed by atoms with Gasteiger partial charge in [-0.3, -0.25) is 4.57 Å². The molecule has 2 aromatic rings. The van der Waals surface area contributed by atoms with Crippen molar-refractivity contribution < 1.29 is 19.4 Å². The second kappa shape index (κ2) is 4.06. The third kappa shape index (κ3) is 1.83. The molecule has 1 heterocycles. The van der Waals surface area contributed by atoms with Gasteiger partial charge in [0.05, 0.1) is 12.1 Å². The molecule has 0 spiro atoms. The molecule has 0 fully saturated rings. The number of nitrogens with zero attached hydrogens (tertiary/aromatic N) is 1. The number of benzene rings is 1. The number of aliphatic hydroxyl groups excluding tert-OH is 1. The Kier molecular flexibility index (Phi) is 2.72. The minimum absolute atomic E-state index is 0.184. The van der Waals surface area contributed by atoms with E-state index in [0.29, 0.717) is 16.7 Å². The lowest BCUT2D eigenvalue weighted by molar-refractivity contribution is -0.140. The molecule has 17 heavy (non-hydrogen) atoms. The monoisotopic (exact) mass is 237 g/mol. The van der Waals surface area contributed by atoms with Crippen LogP contribution in [0.2, 0.25) is 0 Å². The molecule has 6 heteroatoms. The van der Waals surface area contributed by atoms with E-state index in [-0.39, 0.29) is 6.61 Å². The molecule has 1 aromatic carbocycles.